The number of nitrogens with zero attached hydrogens (tertiary/aromatic N) is 2. The molecule has 0 spiro atoms. The summed E-state index contributed by atoms with van der Waals surface area (Å²) >= 11 is 0. The monoisotopic (exact) mass is 402 g/mol. The lowest BCUT2D eigenvalue weighted by molar-refractivity contribution is 0.0771. The average Bonchev–Trinajstić information content (AvgIpc) is 3.16. The van der Waals surface area contributed by atoms with Gasteiger partial charge in [0, 0.05) is 47.6 Å². The Kier molecular flexibility index (Phi) is 4.24. The average molecular weight is 402 g/mol. The molecule has 1 aromatic carbocycles. The van der Waals surface area contributed by atoms with Gasteiger partial charge in [-0.05, 0) is 49.2 Å². The van der Waals surface area contributed by atoms with Crippen molar-refractivity contribution in [2.24, 2.45) is 0 Å². The van der Waals surface area contributed by atoms with Crippen LogP contribution in [0.1, 0.15) is 28.0 Å². The van der Waals surface area contributed by atoms with E-state index in [4.69, 9.17) is 0 Å². The van der Waals surface area contributed by atoms with Gasteiger partial charge in [0.2, 0.25) is 5.43 Å². The minimum Gasteiger partial charge on any atom is -0.360 e. The number of carbonyl (C=O) groups excluding carboxylic acids is 1. The van der Waals surface area contributed by atoms with E-state index in [1.54, 1.807) is 23.1 Å². The third-order valence-electron chi connectivity index (χ3n) is 5.59. The summed E-state index contributed by atoms with van der Waals surface area (Å²) in [6.07, 6.45) is 5.97. The number of hydrogen-bond acceptors (Lipinski definition) is 3. The van der Waals surface area contributed by atoms with Crippen LogP contribution in [-0.4, -0.2) is 38.8 Å². The molecule has 0 radical (unpaired) electrons. The van der Waals surface area contributed by atoms with Crippen LogP contribution in [0.3, 0.4) is 0 Å². The van der Waals surface area contributed by atoms with Gasteiger partial charge in [0.15, 0.2) is 0 Å². The first kappa shape index (κ1) is 18.3. The van der Waals surface area contributed by atoms with E-state index in [9.17, 15) is 14.0 Å². The molecule has 150 valence electrons. The Morgan fingerprint density at radius 1 is 1.13 bits per heavy atom. The summed E-state index contributed by atoms with van der Waals surface area (Å²) in [6.45, 7) is 2.76. The number of benzene rings is 1. The molecule has 0 unspecified atom stereocenters. The first-order valence-electron chi connectivity index (χ1n) is 9.75. The van der Waals surface area contributed by atoms with Crippen LogP contribution >= 0.6 is 0 Å². The Hall–Kier alpha value is -3.74. The number of pyridine rings is 2. The lowest BCUT2D eigenvalue weighted by atomic mass is 9.98. The van der Waals surface area contributed by atoms with Crippen molar-refractivity contribution in [1.29, 1.82) is 0 Å². The van der Waals surface area contributed by atoms with Crippen LogP contribution in [0.25, 0.3) is 27.5 Å². The molecule has 0 saturated carbocycles. The topological polar surface area (TPSA) is 81.9 Å². The van der Waals surface area contributed by atoms with Crippen molar-refractivity contribution in [3.05, 3.63) is 81.7 Å². The molecule has 6 nitrogen and oxygen atoms in total. The zero-order valence-corrected chi connectivity index (χ0v) is 16.3. The minimum absolute atomic E-state index is 0.118. The van der Waals surface area contributed by atoms with Crippen LogP contribution in [0.4, 0.5) is 4.39 Å². The fourth-order valence-corrected chi connectivity index (χ4v) is 3.99. The van der Waals surface area contributed by atoms with Crippen molar-refractivity contribution in [1.82, 2.24) is 19.9 Å². The Bertz CT molecular complexity index is 1400. The number of aryl methyl sites for hydroxylation is 1. The van der Waals surface area contributed by atoms with E-state index in [-0.39, 0.29) is 22.7 Å². The van der Waals surface area contributed by atoms with Crippen molar-refractivity contribution < 1.29 is 9.18 Å². The summed E-state index contributed by atoms with van der Waals surface area (Å²) in [7, 11) is 0. The smallest absolute Gasteiger partial charge is 0.259 e. The molecule has 7 heteroatoms. The second-order valence-corrected chi connectivity index (χ2v) is 7.50. The van der Waals surface area contributed by atoms with Crippen LogP contribution in [-0.2, 0) is 0 Å². The molecule has 5 rings (SSSR count). The first-order chi connectivity index (χ1) is 14.5. The number of halogens is 1. The molecule has 0 bridgehead atoms. The largest absolute Gasteiger partial charge is 0.360 e. The van der Waals surface area contributed by atoms with Crippen LogP contribution in [0, 0.1) is 12.7 Å². The summed E-state index contributed by atoms with van der Waals surface area (Å²) in [6, 6.07) is 8.14. The molecular formula is C23H19FN4O2. The zero-order chi connectivity index (χ0) is 20.8. The summed E-state index contributed by atoms with van der Waals surface area (Å²) in [5.74, 6) is -0.578. The molecule has 1 aliphatic heterocycles. The van der Waals surface area contributed by atoms with Gasteiger partial charge in [-0.3, -0.25) is 9.59 Å². The number of aromatic amines is 2. The highest BCUT2D eigenvalue weighted by molar-refractivity contribution is 5.98. The highest BCUT2D eigenvalue weighted by atomic mass is 19.1. The van der Waals surface area contributed by atoms with Gasteiger partial charge in [0.1, 0.15) is 17.0 Å². The van der Waals surface area contributed by atoms with Crippen LogP contribution in [0.2, 0.25) is 0 Å². The van der Waals surface area contributed by atoms with Crippen LogP contribution in [0.5, 0.6) is 0 Å². The van der Waals surface area contributed by atoms with Gasteiger partial charge in [-0.15, -0.1) is 0 Å². The molecule has 2 N–H and O–H groups in total. The molecule has 3 aromatic heterocycles. The Morgan fingerprint density at radius 2 is 1.97 bits per heavy atom. The van der Waals surface area contributed by atoms with Crippen LogP contribution < -0.4 is 5.43 Å². The Labute approximate surface area is 171 Å². The number of carbonyl (C=O) groups is 1. The van der Waals surface area contributed by atoms with Gasteiger partial charge in [0.25, 0.3) is 5.91 Å². The maximum absolute atomic E-state index is 13.4. The van der Waals surface area contributed by atoms with Crippen molar-refractivity contribution in [2.75, 3.05) is 13.1 Å². The zero-order valence-electron chi connectivity index (χ0n) is 16.3. The van der Waals surface area contributed by atoms with Gasteiger partial charge in [-0.1, -0.05) is 6.08 Å². The third kappa shape index (κ3) is 2.99. The Balaban J connectivity index is 1.42. The van der Waals surface area contributed by atoms with Gasteiger partial charge in [-0.2, -0.15) is 0 Å². The Morgan fingerprint density at radius 3 is 2.77 bits per heavy atom. The van der Waals surface area contributed by atoms with Crippen molar-refractivity contribution in [3.63, 3.8) is 0 Å². The van der Waals surface area contributed by atoms with Crippen LogP contribution in [0.15, 0.2) is 53.6 Å². The number of nitrogens with one attached hydrogen (secondary N) is 2. The SMILES string of the molecule is Cc1ccc2c(=O)c(C(=O)N3CC=C(c4c[nH]c5cc(F)ccc45)CC3)c[nH]c2n1. The quantitative estimate of drug-likeness (QED) is 0.535. The molecule has 1 aliphatic rings. The molecule has 0 fully saturated rings. The van der Waals surface area contributed by atoms with Crippen molar-refractivity contribution in [3.8, 4) is 0 Å². The predicted octanol–water partition coefficient (Wildman–Crippen LogP) is 3.78. The number of H-pyrrole nitrogens is 2. The highest BCUT2D eigenvalue weighted by Gasteiger charge is 2.23. The maximum atomic E-state index is 13.4. The fraction of sp³-hybridized carbons (Fsp3) is 0.174. The standard InChI is InChI=1S/C23H19FN4O2/c1-13-2-4-17-21(29)19(12-26-22(17)27-13)23(30)28-8-6-14(7-9-28)18-11-25-20-10-15(24)3-5-16(18)20/h2-6,10-12,25H,7-9H2,1H3,(H,26,27,29). The number of fused-ring (bicyclic) bond motifs is 2. The second kappa shape index (κ2) is 6.95. The number of amides is 1. The molecule has 4 heterocycles. The summed E-state index contributed by atoms with van der Waals surface area (Å²) in [4.78, 5) is 37.8. The normalized spacial score (nSPS) is 14.3. The van der Waals surface area contributed by atoms with E-state index in [2.05, 4.69) is 15.0 Å². The summed E-state index contributed by atoms with van der Waals surface area (Å²) < 4.78 is 13.4. The van der Waals surface area contributed by atoms with Gasteiger partial charge in [-0.25, -0.2) is 9.37 Å². The molecule has 0 atom stereocenters. The van der Waals surface area contributed by atoms with E-state index >= 15 is 0 Å². The molecule has 4 aromatic rings. The predicted molar refractivity (Wildman–Crippen MR) is 114 cm³/mol. The van der Waals surface area contributed by atoms with E-state index in [0.29, 0.717) is 30.5 Å². The number of rotatable bonds is 2. The summed E-state index contributed by atoms with van der Waals surface area (Å²) in [5, 5.41) is 1.36. The molecular weight excluding hydrogens is 383 g/mol. The van der Waals surface area contributed by atoms with Gasteiger partial charge >= 0.3 is 0 Å². The van der Waals surface area contributed by atoms with E-state index < -0.39 is 0 Å². The lowest BCUT2D eigenvalue weighted by Crippen LogP contribution is -2.37. The number of hydrogen-bond donors (Lipinski definition) is 2. The minimum atomic E-state index is -0.310. The van der Waals surface area contributed by atoms with E-state index in [0.717, 1.165) is 27.7 Å². The first-order valence-corrected chi connectivity index (χ1v) is 9.75. The highest BCUT2D eigenvalue weighted by Crippen LogP contribution is 2.30. The van der Waals surface area contributed by atoms with Gasteiger partial charge in [0.05, 0.1) is 5.39 Å². The van der Waals surface area contributed by atoms with E-state index in [1.807, 2.05) is 19.2 Å². The molecule has 30 heavy (non-hydrogen) atoms. The van der Waals surface area contributed by atoms with Crippen molar-refractivity contribution >= 4 is 33.4 Å². The molecule has 0 aliphatic carbocycles. The molecule has 0 saturated heterocycles. The lowest BCUT2D eigenvalue weighted by Gasteiger charge is -2.26. The maximum Gasteiger partial charge on any atom is 0.259 e. The molecule has 1 amide bonds. The second-order valence-electron chi connectivity index (χ2n) is 7.50. The number of aromatic nitrogens is 3. The fourth-order valence-electron chi connectivity index (χ4n) is 3.99. The van der Waals surface area contributed by atoms with E-state index in [1.165, 1.54) is 18.3 Å². The van der Waals surface area contributed by atoms with Gasteiger partial charge < -0.3 is 14.9 Å². The van der Waals surface area contributed by atoms with Crippen molar-refractivity contribution in [2.45, 2.75) is 13.3 Å². The summed E-state index contributed by atoms with van der Waals surface area (Å²) in [5.41, 5.74) is 3.95. The third-order valence-corrected chi connectivity index (χ3v) is 5.59.